The molecule has 0 aliphatic carbocycles. The fourth-order valence-corrected chi connectivity index (χ4v) is 1.05. The molecule has 0 rings (SSSR count). The highest BCUT2D eigenvalue weighted by atomic mass is 35.5. The molecule has 102 valence electrons. The van der Waals surface area contributed by atoms with Crippen LogP contribution in [0.3, 0.4) is 0 Å². The Morgan fingerprint density at radius 3 is 2.06 bits per heavy atom. The Kier molecular flexibility index (Phi) is 8.19. The van der Waals surface area contributed by atoms with E-state index in [2.05, 4.69) is 10.6 Å². The van der Waals surface area contributed by atoms with Crippen molar-refractivity contribution in [1.29, 1.82) is 0 Å². The van der Waals surface area contributed by atoms with Gasteiger partial charge in [-0.05, 0) is 26.7 Å². The summed E-state index contributed by atoms with van der Waals surface area (Å²) >= 11 is 0. The lowest BCUT2D eigenvalue weighted by molar-refractivity contribution is -0.128. The Bertz CT molecular complexity index is 262. The van der Waals surface area contributed by atoms with Gasteiger partial charge in [0.25, 0.3) is 0 Å². The fourth-order valence-electron chi connectivity index (χ4n) is 1.05. The quantitative estimate of drug-likeness (QED) is 0.689. The van der Waals surface area contributed by atoms with Crippen molar-refractivity contribution in [2.24, 2.45) is 11.7 Å². The first-order valence-corrected chi connectivity index (χ1v) is 5.48. The smallest absolute Gasteiger partial charge is 0.239 e. The molecular weight excluding hydrogens is 242 g/mol. The maximum absolute atomic E-state index is 11.4. The van der Waals surface area contributed by atoms with Gasteiger partial charge in [0, 0.05) is 5.54 Å². The van der Waals surface area contributed by atoms with Crippen molar-refractivity contribution in [3.63, 3.8) is 0 Å². The molecule has 1 atom stereocenters. The maximum atomic E-state index is 11.4. The number of carbonyl (C=O) groups is 2. The molecule has 0 unspecified atom stereocenters. The Morgan fingerprint density at radius 2 is 1.71 bits per heavy atom. The molecule has 0 fully saturated rings. The van der Waals surface area contributed by atoms with Crippen LogP contribution in [0.15, 0.2) is 0 Å². The van der Waals surface area contributed by atoms with Gasteiger partial charge in [-0.3, -0.25) is 9.59 Å². The van der Waals surface area contributed by atoms with Crippen molar-refractivity contribution in [1.82, 2.24) is 10.6 Å². The number of hydrogen-bond donors (Lipinski definition) is 3. The van der Waals surface area contributed by atoms with E-state index >= 15 is 0 Å². The number of hydrogen-bond acceptors (Lipinski definition) is 3. The minimum Gasteiger partial charge on any atom is -0.350 e. The summed E-state index contributed by atoms with van der Waals surface area (Å²) in [5.74, 6) is -0.443. The van der Waals surface area contributed by atoms with E-state index in [-0.39, 0.29) is 42.2 Å². The van der Waals surface area contributed by atoms with Crippen LogP contribution in [0.1, 0.15) is 34.6 Å². The fraction of sp³-hybridized carbons (Fsp3) is 0.818. The Balaban J connectivity index is 0. The van der Waals surface area contributed by atoms with Crippen molar-refractivity contribution in [3.8, 4) is 0 Å². The molecule has 0 aliphatic rings. The SMILES string of the molecule is CC(C)[C@H](N)C(=O)NCC(=O)NC(C)(C)C.Cl. The molecule has 5 nitrogen and oxygen atoms in total. The number of nitrogens with one attached hydrogen (secondary N) is 2. The lowest BCUT2D eigenvalue weighted by atomic mass is 10.1. The molecule has 0 saturated heterocycles. The molecule has 0 saturated carbocycles. The topological polar surface area (TPSA) is 84.2 Å². The summed E-state index contributed by atoms with van der Waals surface area (Å²) in [6, 6.07) is -0.567. The highest BCUT2D eigenvalue weighted by molar-refractivity contribution is 5.87. The maximum Gasteiger partial charge on any atom is 0.239 e. The molecule has 0 aliphatic heterocycles. The van der Waals surface area contributed by atoms with E-state index < -0.39 is 6.04 Å². The lowest BCUT2D eigenvalue weighted by Gasteiger charge is -2.21. The highest BCUT2D eigenvalue weighted by Crippen LogP contribution is 1.98. The predicted molar refractivity (Wildman–Crippen MR) is 71.0 cm³/mol. The molecule has 17 heavy (non-hydrogen) atoms. The summed E-state index contributed by atoms with van der Waals surface area (Å²) in [5, 5.41) is 5.26. The van der Waals surface area contributed by atoms with Crippen molar-refractivity contribution in [2.45, 2.75) is 46.2 Å². The normalized spacial score (nSPS) is 12.6. The van der Waals surface area contributed by atoms with Gasteiger partial charge in [0.05, 0.1) is 12.6 Å². The van der Waals surface area contributed by atoms with Gasteiger partial charge in [0.15, 0.2) is 0 Å². The van der Waals surface area contributed by atoms with E-state index in [1.165, 1.54) is 0 Å². The van der Waals surface area contributed by atoms with E-state index in [4.69, 9.17) is 5.73 Å². The third-order valence-corrected chi connectivity index (χ3v) is 1.96. The summed E-state index contributed by atoms with van der Waals surface area (Å²) in [5.41, 5.74) is 5.34. The van der Waals surface area contributed by atoms with Crippen molar-refractivity contribution >= 4 is 24.2 Å². The second-order valence-corrected chi connectivity index (χ2v) is 5.29. The van der Waals surface area contributed by atoms with Crippen LogP contribution in [-0.2, 0) is 9.59 Å². The van der Waals surface area contributed by atoms with Crippen LogP contribution in [0, 0.1) is 5.92 Å². The van der Waals surface area contributed by atoms with Gasteiger partial charge in [-0.2, -0.15) is 0 Å². The van der Waals surface area contributed by atoms with E-state index in [0.717, 1.165) is 0 Å². The molecule has 0 bridgehead atoms. The second kappa shape index (κ2) is 7.50. The van der Waals surface area contributed by atoms with E-state index in [1.807, 2.05) is 34.6 Å². The van der Waals surface area contributed by atoms with Crippen LogP contribution in [0.2, 0.25) is 0 Å². The number of amides is 2. The molecule has 4 N–H and O–H groups in total. The van der Waals surface area contributed by atoms with Crippen LogP contribution in [0.5, 0.6) is 0 Å². The summed E-state index contributed by atoms with van der Waals surface area (Å²) in [6.45, 7) is 9.33. The third kappa shape index (κ3) is 8.94. The molecular formula is C11H24ClN3O2. The Hall–Kier alpha value is -0.810. The average Bonchev–Trinajstić information content (AvgIpc) is 2.09. The molecule has 0 radical (unpaired) electrons. The van der Waals surface area contributed by atoms with Gasteiger partial charge in [-0.15, -0.1) is 12.4 Å². The van der Waals surface area contributed by atoms with Crippen LogP contribution in [-0.4, -0.2) is 29.9 Å². The number of halogens is 1. The first kappa shape index (κ1) is 18.6. The standard InChI is InChI=1S/C11H23N3O2.ClH/c1-7(2)9(12)10(16)13-6-8(15)14-11(3,4)5;/h7,9H,6,12H2,1-5H3,(H,13,16)(H,14,15);1H/t9-;/m0./s1. The molecule has 2 amide bonds. The average molecular weight is 266 g/mol. The Morgan fingerprint density at radius 1 is 1.24 bits per heavy atom. The van der Waals surface area contributed by atoms with Crippen LogP contribution >= 0.6 is 12.4 Å². The van der Waals surface area contributed by atoms with Gasteiger partial charge in [0.1, 0.15) is 0 Å². The van der Waals surface area contributed by atoms with Crippen LogP contribution < -0.4 is 16.4 Å². The molecule has 0 spiro atoms. The first-order valence-electron chi connectivity index (χ1n) is 5.48. The molecule has 0 aromatic rings. The monoisotopic (exact) mass is 265 g/mol. The largest absolute Gasteiger partial charge is 0.350 e. The zero-order valence-corrected chi connectivity index (χ0v) is 12.0. The molecule has 6 heteroatoms. The summed E-state index contributed by atoms with van der Waals surface area (Å²) in [6.07, 6.45) is 0. The zero-order valence-electron chi connectivity index (χ0n) is 11.2. The minimum absolute atomic E-state index is 0. The van der Waals surface area contributed by atoms with Gasteiger partial charge >= 0.3 is 0 Å². The van der Waals surface area contributed by atoms with E-state index in [9.17, 15) is 9.59 Å². The van der Waals surface area contributed by atoms with Crippen molar-refractivity contribution in [2.75, 3.05) is 6.54 Å². The second-order valence-electron chi connectivity index (χ2n) is 5.29. The van der Waals surface area contributed by atoms with E-state index in [1.54, 1.807) is 0 Å². The van der Waals surface area contributed by atoms with Crippen LogP contribution in [0.25, 0.3) is 0 Å². The number of rotatable bonds is 4. The lowest BCUT2D eigenvalue weighted by Crippen LogP contribution is -2.50. The van der Waals surface area contributed by atoms with Gasteiger partial charge in [-0.25, -0.2) is 0 Å². The summed E-state index contributed by atoms with van der Waals surface area (Å²) in [7, 11) is 0. The van der Waals surface area contributed by atoms with Crippen molar-refractivity contribution < 1.29 is 9.59 Å². The zero-order chi connectivity index (χ0) is 12.9. The summed E-state index contributed by atoms with van der Waals surface area (Å²) in [4.78, 5) is 22.8. The summed E-state index contributed by atoms with van der Waals surface area (Å²) < 4.78 is 0. The first-order chi connectivity index (χ1) is 7.13. The van der Waals surface area contributed by atoms with Gasteiger partial charge in [0.2, 0.25) is 11.8 Å². The predicted octanol–water partition coefficient (Wildman–Crippen LogP) is 0.422. The van der Waals surface area contributed by atoms with Crippen LogP contribution in [0.4, 0.5) is 0 Å². The minimum atomic E-state index is -0.567. The van der Waals surface area contributed by atoms with Crippen molar-refractivity contribution in [3.05, 3.63) is 0 Å². The number of nitrogens with two attached hydrogens (primary N) is 1. The number of carbonyl (C=O) groups excluding carboxylic acids is 2. The highest BCUT2D eigenvalue weighted by Gasteiger charge is 2.19. The Labute approximate surface area is 109 Å². The van der Waals surface area contributed by atoms with Gasteiger partial charge in [-0.1, -0.05) is 13.8 Å². The van der Waals surface area contributed by atoms with E-state index in [0.29, 0.717) is 0 Å². The molecule has 0 aromatic heterocycles. The molecule has 0 aromatic carbocycles. The molecule has 0 heterocycles. The van der Waals surface area contributed by atoms with Gasteiger partial charge < -0.3 is 16.4 Å². The third-order valence-electron chi connectivity index (χ3n) is 1.96.